The van der Waals surface area contributed by atoms with Crippen LogP contribution in [-0.4, -0.2) is 80.1 Å². The minimum atomic E-state index is -1.33. The Kier molecular flexibility index (Phi) is 14.5. The van der Waals surface area contributed by atoms with Crippen LogP contribution in [0.1, 0.15) is 65.1 Å². The first-order valence-corrected chi connectivity index (χ1v) is 14.9. The number of aromatic amines is 1. The van der Waals surface area contributed by atoms with Crippen molar-refractivity contribution in [2.24, 2.45) is 11.8 Å². The lowest BCUT2D eigenvalue weighted by atomic mass is 9.95. The average molecular weight is 615 g/mol. The van der Waals surface area contributed by atoms with Crippen molar-refractivity contribution >= 4 is 29.6 Å². The molecule has 0 bridgehead atoms. The Bertz CT molecular complexity index is 1220. The molecule has 4 amide bonds. The van der Waals surface area contributed by atoms with Crippen LogP contribution in [0.15, 0.2) is 42.9 Å². The molecule has 0 radical (unpaired) electrons. The summed E-state index contributed by atoms with van der Waals surface area (Å²) in [7, 11) is 0. The van der Waals surface area contributed by atoms with Crippen molar-refractivity contribution < 1.29 is 34.2 Å². The van der Waals surface area contributed by atoms with Crippen LogP contribution >= 0.6 is 0 Å². The van der Waals surface area contributed by atoms with Gasteiger partial charge >= 0.3 is 5.97 Å². The van der Waals surface area contributed by atoms with Crippen LogP contribution in [0.3, 0.4) is 0 Å². The summed E-state index contributed by atoms with van der Waals surface area (Å²) in [6, 6.07) is 5.06. The molecular formula is C31H46N6O7. The monoisotopic (exact) mass is 614 g/mol. The van der Waals surface area contributed by atoms with Crippen LogP contribution < -0.4 is 21.3 Å². The molecule has 44 heavy (non-hydrogen) atoms. The number of benzene rings is 1. The largest absolute Gasteiger partial charge is 0.480 e. The third-order valence-corrected chi connectivity index (χ3v) is 7.30. The zero-order valence-corrected chi connectivity index (χ0v) is 26.0. The van der Waals surface area contributed by atoms with Gasteiger partial charge in [-0.15, -0.1) is 0 Å². The highest BCUT2D eigenvalue weighted by atomic mass is 16.4. The molecule has 0 aliphatic carbocycles. The van der Waals surface area contributed by atoms with E-state index in [1.807, 2.05) is 51.1 Å². The first-order valence-electron chi connectivity index (χ1n) is 14.9. The summed E-state index contributed by atoms with van der Waals surface area (Å²) in [5.41, 5.74) is 1.38. The maximum absolute atomic E-state index is 13.6. The van der Waals surface area contributed by atoms with Gasteiger partial charge in [0.05, 0.1) is 24.9 Å². The molecule has 6 atom stereocenters. The summed E-state index contributed by atoms with van der Waals surface area (Å²) in [6.45, 7) is 8.60. The van der Waals surface area contributed by atoms with E-state index in [1.54, 1.807) is 6.92 Å². The number of carboxylic acids is 1. The number of nitrogens with one attached hydrogen (secondary N) is 5. The van der Waals surface area contributed by atoms with Gasteiger partial charge in [0.1, 0.15) is 18.1 Å². The molecule has 0 fully saturated rings. The van der Waals surface area contributed by atoms with E-state index in [-0.39, 0.29) is 24.7 Å². The number of nitrogens with zero attached hydrogens (tertiary/aromatic N) is 1. The molecule has 1 aromatic heterocycles. The van der Waals surface area contributed by atoms with Crippen LogP contribution in [0.4, 0.5) is 0 Å². The van der Waals surface area contributed by atoms with Gasteiger partial charge in [0.2, 0.25) is 23.6 Å². The molecule has 0 saturated carbocycles. The van der Waals surface area contributed by atoms with Crippen molar-refractivity contribution in [2.75, 3.05) is 0 Å². The van der Waals surface area contributed by atoms with E-state index in [1.165, 1.54) is 19.4 Å². The van der Waals surface area contributed by atoms with Gasteiger partial charge in [-0.1, -0.05) is 64.4 Å². The van der Waals surface area contributed by atoms with Crippen LogP contribution in [0, 0.1) is 11.8 Å². The Morgan fingerprint density at radius 3 is 2.09 bits per heavy atom. The zero-order chi connectivity index (χ0) is 32.8. The van der Waals surface area contributed by atoms with E-state index >= 15 is 0 Å². The number of carbonyl (C=O) groups is 5. The first-order chi connectivity index (χ1) is 20.8. The van der Waals surface area contributed by atoms with Crippen molar-refractivity contribution in [1.29, 1.82) is 0 Å². The molecule has 0 spiro atoms. The molecule has 2 unspecified atom stereocenters. The van der Waals surface area contributed by atoms with Crippen molar-refractivity contribution in [3.05, 3.63) is 54.1 Å². The van der Waals surface area contributed by atoms with Crippen molar-refractivity contribution in [1.82, 2.24) is 31.2 Å². The number of aliphatic hydroxyl groups excluding tert-OH is 1. The molecule has 7 N–H and O–H groups in total. The topological polar surface area (TPSA) is 203 Å². The van der Waals surface area contributed by atoms with Crippen LogP contribution in [0.25, 0.3) is 0 Å². The second kappa shape index (κ2) is 17.8. The fourth-order valence-corrected chi connectivity index (χ4v) is 4.75. The smallest absolute Gasteiger partial charge is 0.326 e. The van der Waals surface area contributed by atoms with E-state index in [0.717, 1.165) is 5.56 Å². The van der Waals surface area contributed by atoms with Gasteiger partial charge in [-0.2, -0.15) is 0 Å². The Balaban J connectivity index is 2.23. The Morgan fingerprint density at radius 1 is 0.909 bits per heavy atom. The van der Waals surface area contributed by atoms with Gasteiger partial charge in [-0.25, -0.2) is 9.78 Å². The molecular weight excluding hydrogens is 568 g/mol. The molecule has 242 valence electrons. The van der Waals surface area contributed by atoms with Crippen LogP contribution in [0.5, 0.6) is 0 Å². The van der Waals surface area contributed by atoms with Crippen LogP contribution in [0.2, 0.25) is 0 Å². The van der Waals surface area contributed by atoms with E-state index < -0.39 is 66.3 Å². The summed E-state index contributed by atoms with van der Waals surface area (Å²) in [5.74, 6) is -3.73. The molecule has 13 heteroatoms. The van der Waals surface area contributed by atoms with Crippen LogP contribution in [-0.2, 0) is 36.8 Å². The number of aliphatic carboxylic acids is 1. The number of hydrogen-bond donors (Lipinski definition) is 7. The molecule has 1 heterocycles. The third kappa shape index (κ3) is 12.2. The minimum absolute atomic E-state index is 0.0144. The molecule has 0 saturated heterocycles. The van der Waals surface area contributed by atoms with Crippen molar-refractivity contribution in [3.8, 4) is 0 Å². The highest BCUT2D eigenvalue weighted by Crippen LogP contribution is 2.14. The summed E-state index contributed by atoms with van der Waals surface area (Å²) >= 11 is 0. The van der Waals surface area contributed by atoms with Gasteiger partial charge in [0.15, 0.2) is 0 Å². The molecule has 0 aliphatic rings. The van der Waals surface area contributed by atoms with Gasteiger partial charge in [-0.3, -0.25) is 19.2 Å². The summed E-state index contributed by atoms with van der Waals surface area (Å²) in [6.07, 6.45) is 2.26. The number of rotatable bonds is 18. The molecule has 1 aromatic carbocycles. The molecule has 2 aromatic rings. The quantitative estimate of drug-likeness (QED) is 0.129. The molecule has 0 aliphatic heterocycles. The van der Waals surface area contributed by atoms with E-state index in [0.29, 0.717) is 18.5 Å². The van der Waals surface area contributed by atoms with E-state index in [2.05, 4.69) is 31.2 Å². The predicted molar refractivity (Wildman–Crippen MR) is 163 cm³/mol. The number of hydrogen-bond acceptors (Lipinski definition) is 7. The van der Waals surface area contributed by atoms with E-state index in [9.17, 15) is 34.2 Å². The molecule has 13 nitrogen and oxygen atoms in total. The summed E-state index contributed by atoms with van der Waals surface area (Å²) in [5, 5.41) is 31.2. The maximum atomic E-state index is 13.6. The lowest BCUT2D eigenvalue weighted by molar-refractivity contribution is -0.143. The summed E-state index contributed by atoms with van der Waals surface area (Å²) < 4.78 is 0. The third-order valence-electron chi connectivity index (χ3n) is 7.30. The number of aliphatic hydroxyl groups is 1. The van der Waals surface area contributed by atoms with Gasteiger partial charge in [-0.05, 0) is 23.8 Å². The Hall–Kier alpha value is -4.26. The predicted octanol–water partition coefficient (Wildman–Crippen LogP) is 1.08. The Labute approximate surface area is 258 Å². The fourth-order valence-electron chi connectivity index (χ4n) is 4.75. The summed E-state index contributed by atoms with van der Waals surface area (Å²) in [4.78, 5) is 70.2. The molecule has 2 rings (SSSR count). The van der Waals surface area contributed by atoms with Gasteiger partial charge in [0, 0.05) is 31.7 Å². The fraction of sp³-hybridized carbons (Fsp3) is 0.548. The highest BCUT2D eigenvalue weighted by molar-refractivity contribution is 5.92. The minimum Gasteiger partial charge on any atom is -0.480 e. The number of imidazole rings is 1. The van der Waals surface area contributed by atoms with Gasteiger partial charge < -0.3 is 36.5 Å². The number of H-pyrrole nitrogens is 1. The maximum Gasteiger partial charge on any atom is 0.326 e. The lowest BCUT2D eigenvalue weighted by Crippen LogP contribution is -2.57. The highest BCUT2D eigenvalue weighted by Gasteiger charge is 2.32. The van der Waals surface area contributed by atoms with Gasteiger partial charge in [0.25, 0.3) is 0 Å². The zero-order valence-electron chi connectivity index (χ0n) is 26.0. The first kappa shape index (κ1) is 35.9. The van der Waals surface area contributed by atoms with Crippen molar-refractivity contribution in [3.63, 3.8) is 0 Å². The number of aromatic nitrogens is 2. The normalized spacial score (nSPS) is 15.2. The number of carbonyl (C=O) groups excluding carboxylic acids is 4. The number of carboxylic acid groups (broad SMARTS) is 1. The number of amides is 4. The SMILES string of the molecule is CC[C@H](C)[C@H](NC(=O)CC(O)C(CC(C)C)NC(=O)[C@H](Cc1cnc[nH]1)NC(=O)[C@H](Cc1ccccc1)NC(C)=O)C(=O)O. The second-order valence-electron chi connectivity index (χ2n) is 11.6. The lowest BCUT2D eigenvalue weighted by Gasteiger charge is -2.29. The average Bonchev–Trinajstić information content (AvgIpc) is 3.47. The van der Waals surface area contributed by atoms with E-state index in [4.69, 9.17) is 0 Å². The Morgan fingerprint density at radius 2 is 1.55 bits per heavy atom. The second-order valence-corrected chi connectivity index (χ2v) is 11.6. The standard InChI is InChI=1S/C31H46N6O7/c1-6-19(4)28(31(43)44)37-27(40)15-26(39)23(12-18(2)3)35-30(42)25(14-22-16-32-17-33-22)36-29(41)24(34-20(5)38)13-21-10-8-7-9-11-21/h7-11,16-19,23-26,28,39H,6,12-15H2,1-5H3,(H,32,33)(H,34,38)(H,35,42)(H,36,41)(H,37,40)(H,43,44)/t19-,23?,24-,25-,26?,28-/m0/s1. The van der Waals surface area contributed by atoms with Crippen molar-refractivity contribution in [2.45, 2.75) is 97.0 Å².